The highest BCUT2D eigenvalue weighted by molar-refractivity contribution is 7.99. The van der Waals surface area contributed by atoms with Gasteiger partial charge in [-0.15, -0.1) is 0 Å². The van der Waals surface area contributed by atoms with Crippen molar-refractivity contribution in [1.82, 2.24) is 4.98 Å². The van der Waals surface area contributed by atoms with Crippen molar-refractivity contribution >= 4 is 34.3 Å². The van der Waals surface area contributed by atoms with E-state index in [1.165, 1.54) is 17.9 Å². The van der Waals surface area contributed by atoms with Crippen LogP contribution in [0.1, 0.15) is 16.9 Å². The number of nitrogens with one attached hydrogen (secondary N) is 1. The smallest absolute Gasteiger partial charge is 0.354 e. The summed E-state index contributed by atoms with van der Waals surface area (Å²) >= 11 is 1.98. The number of thioether (sulfide) groups is 1. The molecule has 2 heterocycles. The highest BCUT2D eigenvalue weighted by atomic mass is 32.2. The predicted octanol–water partition coefficient (Wildman–Crippen LogP) is 3.10. The lowest BCUT2D eigenvalue weighted by Gasteiger charge is -2.14. The number of aromatic carboxylic acids is 1. The molecule has 0 saturated carbocycles. The van der Waals surface area contributed by atoms with Gasteiger partial charge in [-0.2, -0.15) is 11.8 Å². The van der Waals surface area contributed by atoms with Gasteiger partial charge in [0.1, 0.15) is 0 Å². The van der Waals surface area contributed by atoms with Crippen molar-refractivity contribution in [2.45, 2.75) is 6.42 Å². The summed E-state index contributed by atoms with van der Waals surface area (Å²) in [5, 5.41) is 13.5. The van der Waals surface area contributed by atoms with E-state index in [0.29, 0.717) is 5.92 Å². The maximum Gasteiger partial charge on any atom is 0.354 e. The molecule has 20 heavy (non-hydrogen) atoms. The van der Waals surface area contributed by atoms with Crippen molar-refractivity contribution in [3.63, 3.8) is 0 Å². The number of carboxylic acid groups (broad SMARTS) is 1. The lowest BCUT2D eigenvalue weighted by Crippen LogP contribution is -2.14. The molecule has 0 amide bonds. The van der Waals surface area contributed by atoms with Crippen LogP contribution in [0.4, 0.5) is 5.69 Å². The van der Waals surface area contributed by atoms with Gasteiger partial charge >= 0.3 is 5.97 Å². The molecule has 1 fully saturated rings. The predicted molar refractivity (Wildman–Crippen MR) is 82.6 cm³/mol. The van der Waals surface area contributed by atoms with Crippen LogP contribution in [0.2, 0.25) is 0 Å². The van der Waals surface area contributed by atoms with Crippen molar-refractivity contribution < 1.29 is 9.90 Å². The first kappa shape index (κ1) is 13.2. The van der Waals surface area contributed by atoms with E-state index in [-0.39, 0.29) is 5.69 Å². The number of benzene rings is 1. The Morgan fingerprint density at radius 1 is 1.45 bits per heavy atom. The van der Waals surface area contributed by atoms with Crippen molar-refractivity contribution in [1.29, 1.82) is 0 Å². The minimum Gasteiger partial charge on any atom is -0.477 e. The summed E-state index contributed by atoms with van der Waals surface area (Å²) in [7, 11) is 0. The van der Waals surface area contributed by atoms with Crippen LogP contribution in [-0.4, -0.2) is 34.1 Å². The van der Waals surface area contributed by atoms with Crippen LogP contribution < -0.4 is 5.32 Å². The van der Waals surface area contributed by atoms with Crippen LogP contribution in [-0.2, 0) is 0 Å². The largest absolute Gasteiger partial charge is 0.477 e. The first-order chi connectivity index (χ1) is 9.74. The Kier molecular flexibility index (Phi) is 3.78. The van der Waals surface area contributed by atoms with Crippen molar-refractivity contribution in [3.8, 4) is 0 Å². The zero-order valence-electron chi connectivity index (χ0n) is 11.0. The Bertz CT molecular complexity index is 639. The van der Waals surface area contributed by atoms with E-state index in [2.05, 4.69) is 10.3 Å². The van der Waals surface area contributed by atoms with E-state index in [9.17, 15) is 4.79 Å². The standard InChI is InChI=1S/C15H16N2O2S/c18-15(19)14-7-13(16-8-10-5-6-20-9-10)11-3-1-2-4-12(11)17-14/h1-4,7,10H,5-6,8-9H2,(H,16,17)(H,18,19). The van der Waals surface area contributed by atoms with Gasteiger partial charge in [0.2, 0.25) is 0 Å². The molecular weight excluding hydrogens is 272 g/mol. The summed E-state index contributed by atoms with van der Waals surface area (Å²) in [4.78, 5) is 15.3. The molecule has 1 aromatic carbocycles. The summed E-state index contributed by atoms with van der Waals surface area (Å²) < 4.78 is 0. The van der Waals surface area contributed by atoms with Gasteiger partial charge in [-0.3, -0.25) is 0 Å². The Morgan fingerprint density at radius 3 is 3.05 bits per heavy atom. The summed E-state index contributed by atoms with van der Waals surface area (Å²) in [6.07, 6.45) is 1.23. The monoisotopic (exact) mass is 288 g/mol. The molecule has 5 heteroatoms. The van der Waals surface area contributed by atoms with Crippen LogP contribution in [0, 0.1) is 5.92 Å². The van der Waals surface area contributed by atoms with Crippen LogP contribution in [0.3, 0.4) is 0 Å². The summed E-state index contributed by atoms with van der Waals surface area (Å²) in [6.45, 7) is 0.889. The third-order valence-electron chi connectivity index (χ3n) is 3.54. The number of nitrogens with zero attached hydrogens (tertiary/aromatic N) is 1. The molecule has 2 N–H and O–H groups in total. The first-order valence-electron chi connectivity index (χ1n) is 6.69. The van der Waals surface area contributed by atoms with E-state index in [0.717, 1.165) is 23.1 Å². The Labute approximate surface area is 121 Å². The number of anilines is 1. The molecule has 1 aliphatic rings. The molecule has 104 valence electrons. The zero-order valence-corrected chi connectivity index (χ0v) is 11.8. The Morgan fingerprint density at radius 2 is 2.30 bits per heavy atom. The van der Waals surface area contributed by atoms with Gasteiger partial charge in [-0.05, 0) is 36.0 Å². The van der Waals surface area contributed by atoms with E-state index < -0.39 is 5.97 Å². The maximum atomic E-state index is 11.2. The average molecular weight is 288 g/mol. The number of hydrogen-bond donors (Lipinski definition) is 2. The topological polar surface area (TPSA) is 62.2 Å². The molecule has 1 atom stereocenters. The lowest BCUT2D eigenvalue weighted by atomic mass is 10.1. The second kappa shape index (κ2) is 5.71. The lowest BCUT2D eigenvalue weighted by molar-refractivity contribution is 0.0691. The third kappa shape index (κ3) is 2.72. The molecule has 1 unspecified atom stereocenters. The quantitative estimate of drug-likeness (QED) is 0.905. The molecule has 1 aliphatic heterocycles. The minimum absolute atomic E-state index is 0.0898. The molecule has 0 spiro atoms. The highest BCUT2D eigenvalue weighted by Crippen LogP contribution is 2.26. The summed E-state index contributed by atoms with van der Waals surface area (Å²) in [5.41, 5.74) is 1.67. The van der Waals surface area contributed by atoms with Crippen LogP contribution >= 0.6 is 11.8 Å². The van der Waals surface area contributed by atoms with E-state index in [4.69, 9.17) is 5.11 Å². The fourth-order valence-electron chi connectivity index (χ4n) is 2.43. The molecule has 4 nitrogen and oxygen atoms in total. The van der Waals surface area contributed by atoms with Gasteiger partial charge in [0.25, 0.3) is 0 Å². The molecule has 1 saturated heterocycles. The van der Waals surface area contributed by atoms with Crippen LogP contribution in [0.15, 0.2) is 30.3 Å². The number of hydrogen-bond acceptors (Lipinski definition) is 4. The number of carbonyl (C=O) groups is 1. The second-order valence-electron chi connectivity index (χ2n) is 4.99. The molecule has 0 bridgehead atoms. The number of carboxylic acids is 1. The molecule has 3 rings (SSSR count). The number of rotatable bonds is 4. The Hall–Kier alpha value is -1.75. The Balaban J connectivity index is 1.92. The number of pyridine rings is 1. The molecule has 0 aliphatic carbocycles. The normalized spacial score (nSPS) is 18.3. The van der Waals surface area contributed by atoms with Gasteiger partial charge in [-0.1, -0.05) is 18.2 Å². The van der Waals surface area contributed by atoms with Crippen molar-refractivity contribution in [2.75, 3.05) is 23.4 Å². The van der Waals surface area contributed by atoms with E-state index >= 15 is 0 Å². The van der Waals surface area contributed by atoms with E-state index in [1.54, 1.807) is 6.07 Å². The van der Waals surface area contributed by atoms with Gasteiger partial charge < -0.3 is 10.4 Å². The van der Waals surface area contributed by atoms with Crippen molar-refractivity contribution in [3.05, 3.63) is 36.0 Å². The minimum atomic E-state index is -0.991. The van der Waals surface area contributed by atoms with E-state index in [1.807, 2.05) is 36.0 Å². The average Bonchev–Trinajstić information content (AvgIpc) is 2.97. The maximum absolute atomic E-state index is 11.2. The molecule has 2 aromatic rings. The summed E-state index contributed by atoms with van der Waals surface area (Å²) in [5.74, 6) is 2.08. The highest BCUT2D eigenvalue weighted by Gasteiger charge is 2.16. The number of para-hydroxylation sites is 1. The number of fused-ring (bicyclic) bond motifs is 1. The van der Waals surface area contributed by atoms with Gasteiger partial charge in [0.15, 0.2) is 5.69 Å². The first-order valence-corrected chi connectivity index (χ1v) is 7.84. The zero-order chi connectivity index (χ0) is 13.9. The fourth-order valence-corrected chi connectivity index (χ4v) is 3.71. The van der Waals surface area contributed by atoms with Gasteiger partial charge in [0, 0.05) is 17.6 Å². The number of aromatic nitrogens is 1. The summed E-state index contributed by atoms with van der Waals surface area (Å²) in [6, 6.07) is 9.27. The molecular formula is C15H16N2O2S. The molecule has 1 aromatic heterocycles. The van der Waals surface area contributed by atoms with Gasteiger partial charge in [-0.25, -0.2) is 9.78 Å². The van der Waals surface area contributed by atoms with Crippen LogP contribution in [0.5, 0.6) is 0 Å². The van der Waals surface area contributed by atoms with Crippen molar-refractivity contribution in [2.24, 2.45) is 5.92 Å². The van der Waals surface area contributed by atoms with Crippen LogP contribution in [0.25, 0.3) is 10.9 Å². The second-order valence-corrected chi connectivity index (χ2v) is 6.14. The third-order valence-corrected chi connectivity index (χ3v) is 4.77. The SMILES string of the molecule is O=C(O)c1cc(NCC2CCSC2)c2ccccc2n1. The molecule has 0 radical (unpaired) electrons. The fraction of sp³-hybridized carbons (Fsp3) is 0.333. The van der Waals surface area contributed by atoms with Gasteiger partial charge in [0.05, 0.1) is 5.52 Å².